The lowest BCUT2D eigenvalue weighted by atomic mass is 9.35. The van der Waals surface area contributed by atoms with Gasteiger partial charge in [0.2, 0.25) is 0 Å². The minimum Gasteiger partial charge on any atom is -0.450 e. The maximum absolute atomic E-state index is 12.4. The number of carboxylic acid groups (broad SMARTS) is 1. The fraction of sp³-hybridized carbons (Fsp3) is 0.756. The van der Waals surface area contributed by atoms with Gasteiger partial charge in [-0.15, -0.1) is 0 Å². The van der Waals surface area contributed by atoms with E-state index in [1.165, 1.54) is 5.57 Å². The van der Waals surface area contributed by atoms with Gasteiger partial charge in [0.15, 0.2) is 5.82 Å². The number of rotatable bonds is 8. The summed E-state index contributed by atoms with van der Waals surface area (Å²) in [5, 5.41) is 15.1. The normalized spacial score (nSPS) is 41.2. The van der Waals surface area contributed by atoms with Crippen LogP contribution in [0.5, 0.6) is 0 Å². The Kier molecular flexibility index (Phi) is 8.86. The van der Waals surface area contributed by atoms with Gasteiger partial charge in [0.25, 0.3) is 0 Å². The minimum atomic E-state index is -1.17. The van der Waals surface area contributed by atoms with Gasteiger partial charge < -0.3 is 25.1 Å². The summed E-state index contributed by atoms with van der Waals surface area (Å²) in [5.41, 5.74) is 7.25. The highest BCUT2D eigenvalue weighted by Gasteiger charge is 2.72. The second-order valence-electron chi connectivity index (χ2n) is 19.1. The van der Waals surface area contributed by atoms with E-state index in [1.807, 2.05) is 26.0 Å². The van der Waals surface area contributed by atoms with Crippen LogP contribution in [0.3, 0.4) is 0 Å². The van der Waals surface area contributed by atoms with Crippen LogP contribution in [-0.4, -0.2) is 68.6 Å². The molecule has 11 atom stereocenters. The highest BCUT2D eigenvalue weighted by atomic mass is 16.7. The molecule has 0 spiro atoms. The zero-order chi connectivity index (χ0) is 36.8. The number of fused-ring (bicyclic) bond motifs is 3. The SMILES string of the molecule is CC(C)[C@@H](C)[C@@]1(C)CC[C@]2(C)[C@H]3CC[C@@H]4[C@@]5(COC[C@@]4(C)[C@@H](OCC(C)(C)N)[C@H](n4ncnc4-c4ccncc4)C5)C3=CC[C@]2(C)[C@@H]1OC(=O)O. The minimum absolute atomic E-state index is 0.103. The molecule has 0 aromatic carbocycles. The third-order valence-corrected chi connectivity index (χ3v) is 15.4. The van der Waals surface area contributed by atoms with Crippen molar-refractivity contribution in [2.45, 2.75) is 125 Å². The molecule has 51 heavy (non-hydrogen) atoms. The van der Waals surface area contributed by atoms with Crippen LogP contribution in [0.25, 0.3) is 11.4 Å². The lowest BCUT2D eigenvalue weighted by Gasteiger charge is -2.71. The molecule has 2 aromatic heterocycles. The molecule has 280 valence electrons. The van der Waals surface area contributed by atoms with Gasteiger partial charge in [-0.25, -0.2) is 14.5 Å². The van der Waals surface area contributed by atoms with Gasteiger partial charge in [-0.2, -0.15) is 5.10 Å². The third-order valence-electron chi connectivity index (χ3n) is 15.4. The number of carbonyl (C=O) groups is 1. The summed E-state index contributed by atoms with van der Waals surface area (Å²) >= 11 is 0. The van der Waals surface area contributed by atoms with Crippen LogP contribution in [0.1, 0.15) is 107 Å². The third kappa shape index (κ3) is 5.43. The predicted molar refractivity (Wildman–Crippen MR) is 196 cm³/mol. The summed E-state index contributed by atoms with van der Waals surface area (Å²) in [4.78, 5) is 21.5. The second kappa shape index (κ2) is 12.4. The van der Waals surface area contributed by atoms with E-state index in [0.717, 1.165) is 49.9 Å². The van der Waals surface area contributed by atoms with E-state index >= 15 is 0 Å². The van der Waals surface area contributed by atoms with E-state index in [0.29, 0.717) is 37.6 Å². The molecule has 3 saturated carbocycles. The average molecular weight is 704 g/mol. The highest BCUT2D eigenvalue weighted by molar-refractivity contribution is 5.57. The molecule has 0 amide bonds. The molecule has 2 aromatic rings. The Morgan fingerprint density at radius 3 is 2.49 bits per heavy atom. The quantitative estimate of drug-likeness (QED) is 0.207. The number of allylic oxidation sites excluding steroid dienone is 1. The number of nitrogens with zero attached hydrogens (tertiary/aromatic N) is 4. The molecular formula is C41H61N5O5. The van der Waals surface area contributed by atoms with Gasteiger partial charge in [-0.1, -0.05) is 60.1 Å². The number of aromatic nitrogens is 4. The van der Waals surface area contributed by atoms with Crippen molar-refractivity contribution in [2.24, 2.45) is 56.5 Å². The van der Waals surface area contributed by atoms with Crippen molar-refractivity contribution >= 4 is 6.16 Å². The van der Waals surface area contributed by atoms with E-state index < -0.39 is 17.8 Å². The molecule has 0 unspecified atom stereocenters. The molecule has 7 rings (SSSR count). The van der Waals surface area contributed by atoms with Crippen molar-refractivity contribution in [1.29, 1.82) is 0 Å². The van der Waals surface area contributed by atoms with Gasteiger partial charge in [0.1, 0.15) is 12.4 Å². The molecule has 1 aliphatic heterocycles. The van der Waals surface area contributed by atoms with Crippen LogP contribution in [-0.2, 0) is 14.2 Å². The smallest absolute Gasteiger partial charge is 0.450 e. The zero-order valence-corrected chi connectivity index (χ0v) is 32.3. The molecule has 2 bridgehead atoms. The van der Waals surface area contributed by atoms with Crippen LogP contribution in [0, 0.1) is 50.7 Å². The maximum atomic E-state index is 12.4. The molecule has 0 radical (unpaired) electrons. The van der Waals surface area contributed by atoms with Crippen molar-refractivity contribution < 1.29 is 24.1 Å². The summed E-state index contributed by atoms with van der Waals surface area (Å²) < 4.78 is 21.9. The van der Waals surface area contributed by atoms with E-state index in [9.17, 15) is 9.90 Å². The largest absolute Gasteiger partial charge is 0.506 e. The average Bonchev–Trinajstić information content (AvgIpc) is 3.56. The van der Waals surface area contributed by atoms with Crippen molar-refractivity contribution in [1.82, 2.24) is 19.7 Å². The number of nitrogens with two attached hydrogens (primary N) is 1. The Labute approximate surface area is 304 Å². The van der Waals surface area contributed by atoms with Crippen LogP contribution < -0.4 is 5.73 Å². The number of hydrogen-bond acceptors (Lipinski definition) is 8. The summed E-state index contributed by atoms with van der Waals surface area (Å²) in [6, 6.07) is 3.88. The van der Waals surface area contributed by atoms with Crippen molar-refractivity contribution in [3.05, 3.63) is 42.5 Å². The molecule has 1 saturated heterocycles. The predicted octanol–water partition coefficient (Wildman–Crippen LogP) is 7.95. The molecular weight excluding hydrogens is 642 g/mol. The summed E-state index contributed by atoms with van der Waals surface area (Å²) in [6.07, 6.45) is 11.7. The zero-order valence-electron chi connectivity index (χ0n) is 32.3. The maximum Gasteiger partial charge on any atom is 0.506 e. The van der Waals surface area contributed by atoms with Crippen LogP contribution >= 0.6 is 0 Å². The highest BCUT2D eigenvalue weighted by Crippen LogP contribution is 2.74. The standard InChI is InChI=1S/C41H61N5O5/c1-25(2)26(3)37(6)16-17-39(8)28-10-11-31-38(7)22-49-23-41(31,29(28)12-15-40(39,9)34(37)51-35(47)48)20-30(32(38)50-21-36(4,5)42)46-33(44-24-45-46)27-13-18-43-19-14-27/h12-14,18-19,24-26,28,30-32,34H,10-11,15-17,20-23,42H2,1-9H3,(H,47,48)/t26-,28+,30-,31+,32+,34-,37-,38-,39-,40-,41+/m1/s1. The van der Waals surface area contributed by atoms with E-state index in [1.54, 1.807) is 18.7 Å². The Hall–Kier alpha value is -2.82. The lowest BCUT2D eigenvalue weighted by molar-refractivity contribution is -0.255. The van der Waals surface area contributed by atoms with E-state index in [2.05, 4.69) is 64.2 Å². The van der Waals surface area contributed by atoms with Crippen LogP contribution in [0.2, 0.25) is 0 Å². The van der Waals surface area contributed by atoms with Crippen LogP contribution in [0.4, 0.5) is 4.79 Å². The van der Waals surface area contributed by atoms with Gasteiger partial charge >= 0.3 is 6.16 Å². The Morgan fingerprint density at radius 1 is 1.10 bits per heavy atom. The van der Waals surface area contributed by atoms with Crippen LogP contribution in [0.15, 0.2) is 42.5 Å². The first-order valence-corrected chi connectivity index (χ1v) is 19.3. The molecule has 3 N–H and O–H groups in total. The Balaban J connectivity index is 1.35. The Bertz CT molecular complexity index is 1650. The molecule has 3 heterocycles. The van der Waals surface area contributed by atoms with Crippen molar-refractivity contribution in [2.75, 3.05) is 19.8 Å². The van der Waals surface area contributed by atoms with Gasteiger partial charge in [0, 0.05) is 45.2 Å². The molecule has 10 nitrogen and oxygen atoms in total. The molecule has 4 aliphatic carbocycles. The Morgan fingerprint density at radius 2 is 1.82 bits per heavy atom. The van der Waals surface area contributed by atoms with E-state index in [4.69, 9.17) is 30.0 Å². The topological polar surface area (TPSA) is 135 Å². The van der Waals surface area contributed by atoms with Gasteiger partial charge in [0.05, 0.1) is 32.0 Å². The fourth-order valence-corrected chi connectivity index (χ4v) is 12.4. The summed E-state index contributed by atoms with van der Waals surface area (Å²) in [5.74, 6) is 2.17. The lowest BCUT2D eigenvalue weighted by Crippen LogP contribution is -2.69. The van der Waals surface area contributed by atoms with E-state index in [-0.39, 0.29) is 45.1 Å². The molecule has 4 fully saturated rings. The summed E-state index contributed by atoms with van der Waals surface area (Å²) in [7, 11) is 0. The molecule has 10 heteroatoms. The van der Waals surface area contributed by atoms with Gasteiger partial charge in [-0.05, 0) is 93.6 Å². The first-order chi connectivity index (χ1) is 23.9. The fourth-order valence-electron chi connectivity index (χ4n) is 12.4. The van der Waals surface area contributed by atoms with Crippen molar-refractivity contribution in [3.63, 3.8) is 0 Å². The first kappa shape index (κ1) is 36.5. The summed E-state index contributed by atoms with van der Waals surface area (Å²) in [6.45, 7) is 22.0. The monoisotopic (exact) mass is 703 g/mol. The number of pyridine rings is 1. The first-order valence-electron chi connectivity index (χ1n) is 19.3. The van der Waals surface area contributed by atoms with Gasteiger partial charge in [-0.3, -0.25) is 4.98 Å². The number of hydrogen-bond donors (Lipinski definition) is 2. The van der Waals surface area contributed by atoms with Crippen molar-refractivity contribution in [3.8, 4) is 11.4 Å². The molecule has 5 aliphatic rings. The second-order valence-corrected chi connectivity index (χ2v) is 19.1. The number of ether oxygens (including phenoxy) is 3.